The highest BCUT2D eigenvalue weighted by Gasteiger charge is 2.30. The van der Waals surface area contributed by atoms with Gasteiger partial charge in [-0.15, -0.1) is 0 Å². The van der Waals surface area contributed by atoms with Crippen molar-refractivity contribution in [1.29, 1.82) is 0 Å². The molecule has 4 nitrogen and oxygen atoms in total. The number of hydrogen-bond acceptors (Lipinski definition) is 4. The molecule has 0 aromatic carbocycles. The van der Waals surface area contributed by atoms with E-state index in [4.69, 9.17) is 10.5 Å². The largest absolute Gasteiger partial charge is 0.380 e. The standard InChI is InChI=1S/C13H27N3O/c1-11(17-2)9-15-6-5-13(10-15)16-7-3-12(14)4-8-16/h11-13H,3-10,14H2,1-2H3. The first kappa shape index (κ1) is 13.3. The molecular formula is C13H27N3O. The third kappa shape index (κ3) is 3.65. The van der Waals surface area contributed by atoms with Gasteiger partial charge in [0.15, 0.2) is 0 Å². The minimum absolute atomic E-state index is 0.350. The van der Waals surface area contributed by atoms with Crippen molar-refractivity contribution >= 4 is 0 Å². The Kier molecular flexibility index (Phi) is 4.79. The summed E-state index contributed by atoms with van der Waals surface area (Å²) in [7, 11) is 1.80. The number of nitrogens with two attached hydrogens (primary N) is 1. The SMILES string of the molecule is COC(C)CN1CCC(N2CCC(N)CC2)C1. The molecule has 2 atom stereocenters. The summed E-state index contributed by atoms with van der Waals surface area (Å²) >= 11 is 0. The lowest BCUT2D eigenvalue weighted by Gasteiger charge is -2.34. The van der Waals surface area contributed by atoms with E-state index < -0.39 is 0 Å². The summed E-state index contributed by atoms with van der Waals surface area (Å²) in [4.78, 5) is 5.17. The van der Waals surface area contributed by atoms with Crippen LogP contribution in [0.2, 0.25) is 0 Å². The Morgan fingerprint density at radius 3 is 2.59 bits per heavy atom. The summed E-state index contributed by atoms with van der Waals surface area (Å²) in [6, 6.07) is 1.20. The number of ether oxygens (including phenoxy) is 1. The fraction of sp³-hybridized carbons (Fsp3) is 1.00. The molecule has 0 spiro atoms. The van der Waals surface area contributed by atoms with E-state index in [1.807, 2.05) is 0 Å². The average Bonchev–Trinajstić information content (AvgIpc) is 2.78. The topological polar surface area (TPSA) is 41.7 Å². The normalized spacial score (nSPS) is 30.9. The monoisotopic (exact) mass is 241 g/mol. The Morgan fingerprint density at radius 1 is 1.24 bits per heavy atom. The van der Waals surface area contributed by atoms with E-state index >= 15 is 0 Å². The van der Waals surface area contributed by atoms with Crippen LogP contribution in [0.3, 0.4) is 0 Å². The van der Waals surface area contributed by atoms with Crippen LogP contribution in [0.1, 0.15) is 26.2 Å². The van der Waals surface area contributed by atoms with Crippen molar-refractivity contribution in [2.24, 2.45) is 5.73 Å². The van der Waals surface area contributed by atoms with Gasteiger partial charge in [-0.25, -0.2) is 0 Å². The van der Waals surface area contributed by atoms with E-state index in [0.717, 1.165) is 12.6 Å². The van der Waals surface area contributed by atoms with Gasteiger partial charge in [0.25, 0.3) is 0 Å². The molecule has 0 aromatic heterocycles. The fourth-order valence-electron chi connectivity index (χ4n) is 3.00. The molecule has 0 bridgehead atoms. The van der Waals surface area contributed by atoms with Crippen LogP contribution in [0.15, 0.2) is 0 Å². The van der Waals surface area contributed by atoms with Crippen molar-refractivity contribution in [2.45, 2.75) is 44.4 Å². The van der Waals surface area contributed by atoms with Crippen molar-refractivity contribution in [3.63, 3.8) is 0 Å². The number of rotatable bonds is 4. The average molecular weight is 241 g/mol. The molecule has 17 heavy (non-hydrogen) atoms. The van der Waals surface area contributed by atoms with E-state index in [2.05, 4.69) is 16.7 Å². The molecule has 0 aliphatic carbocycles. The maximum atomic E-state index is 5.95. The van der Waals surface area contributed by atoms with Gasteiger partial charge >= 0.3 is 0 Å². The van der Waals surface area contributed by atoms with Crippen LogP contribution in [0, 0.1) is 0 Å². The van der Waals surface area contributed by atoms with E-state index in [1.165, 1.54) is 45.4 Å². The van der Waals surface area contributed by atoms with Crippen LogP contribution < -0.4 is 5.73 Å². The first-order valence-corrected chi connectivity index (χ1v) is 6.94. The van der Waals surface area contributed by atoms with Gasteiger partial charge in [0.2, 0.25) is 0 Å². The summed E-state index contributed by atoms with van der Waals surface area (Å²) in [5.74, 6) is 0. The highest BCUT2D eigenvalue weighted by Crippen LogP contribution is 2.20. The van der Waals surface area contributed by atoms with Crippen LogP contribution >= 0.6 is 0 Å². The van der Waals surface area contributed by atoms with Gasteiger partial charge in [-0.3, -0.25) is 9.80 Å². The molecule has 2 N–H and O–H groups in total. The molecule has 2 aliphatic heterocycles. The number of nitrogens with zero attached hydrogens (tertiary/aromatic N) is 2. The molecule has 2 unspecified atom stereocenters. The summed E-state index contributed by atoms with van der Waals surface area (Å²) < 4.78 is 5.34. The molecule has 0 radical (unpaired) electrons. The quantitative estimate of drug-likeness (QED) is 0.779. The second-order valence-corrected chi connectivity index (χ2v) is 5.62. The van der Waals surface area contributed by atoms with Gasteiger partial charge in [0.1, 0.15) is 0 Å². The third-order valence-electron chi connectivity index (χ3n) is 4.26. The zero-order chi connectivity index (χ0) is 12.3. The summed E-state index contributed by atoms with van der Waals surface area (Å²) in [6.07, 6.45) is 4.00. The molecule has 2 heterocycles. The molecule has 0 saturated carbocycles. The number of piperidine rings is 1. The molecule has 4 heteroatoms. The first-order valence-electron chi connectivity index (χ1n) is 6.94. The van der Waals surface area contributed by atoms with E-state index in [9.17, 15) is 0 Å². The van der Waals surface area contributed by atoms with Crippen molar-refractivity contribution in [3.05, 3.63) is 0 Å². The second kappa shape index (κ2) is 6.14. The van der Waals surface area contributed by atoms with Crippen molar-refractivity contribution in [1.82, 2.24) is 9.80 Å². The van der Waals surface area contributed by atoms with Crippen molar-refractivity contribution in [3.8, 4) is 0 Å². The highest BCUT2D eigenvalue weighted by molar-refractivity contribution is 4.87. The Labute approximate surface area is 105 Å². The minimum Gasteiger partial charge on any atom is -0.380 e. The zero-order valence-electron chi connectivity index (χ0n) is 11.3. The highest BCUT2D eigenvalue weighted by atomic mass is 16.5. The molecule has 2 aliphatic rings. The van der Waals surface area contributed by atoms with E-state index in [1.54, 1.807) is 7.11 Å². The molecule has 100 valence electrons. The van der Waals surface area contributed by atoms with Gasteiger partial charge in [0, 0.05) is 32.3 Å². The summed E-state index contributed by atoms with van der Waals surface area (Å²) in [5.41, 5.74) is 5.95. The van der Waals surface area contributed by atoms with Crippen LogP contribution in [-0.2, 0) is 4.74 Å². The van der Waals surface area contributed by atoms with Crippen molar-refractivity contribution < 1.29 is 4.74 Å². The number of methoxy groups -OCH3 is 1. The molecule has 2 fully saturated rings. The molecule has 0 amide bonds. The predicted octanol–water partition coefficient (Wildman–Crippen LogP) is 0.519. The van der Waals surface area contributed by atoms with Crippen LogP contribution in [0.5, 0.6) is 0 Å². The lowest BCUT2D eigenvalue weighted by molar-refractivity contribution is 0.0800. The number of hydrogen-bond donors (Lipinski definition) is 1. The Bertz CT molecular complexity index is 229. The van der Waals surface area contributed by atoms with Gasteiger partial charge in [0.05, 0.1) is 6.10 Å². The molecule has 2 saturated heterocycles. The zero-order valence-corrected chi connectivity index (χ0v) is 11.3. The Hall–Kier alpha value is -0.160. The van der Waals surface area contributed by atoms with Crippen LogP contribution in [-0.4, -0.2) is 67.8 Å². The summed E-state index contributed by atoms with van der Waals surface area (Å²) in [6.45, 7) is 8.04. The maximum Gasteiger partial charge on any atom is 0.0670 e. The van der Waals surface area contributed by atoms with Gasteiger partial charge in [-0.1, -0.05) is 0 Å². The second-order valence-electron chi connectivity index (χ2n) is 5.62. The van der Waals surface area contributed by atoms with Gasteiger partial charge in [-0.2, -0.15) is 0 Å². The third-order valence-corrected chi connectivity index (χ3v) is 4.26. The smallest absolute Gasteiger partial charge is 0.0670 e. The minimum atomic E-state index is 0.350. The van der Waals surface area contributed by atoms with Crippen LogP contribution in [0.4, 0.5) is 0 Å². The summed E-state index contributed by atoms with van der Waals surface area (Å²) in [5, 5.41) is 0. The first-order chi connectivity index (χ1) is 8.19. The van der Waals surface area contributed by atoms with Gasteiger partial charge in [-0.05, 0) is 45.8 Å². The lowest BCUT2D eigenvalue weighted by Crippen LogP contribution is -2.46. The molecule has 0 aromatic rings. The maximum absolute atomic E-state index is 5.95. The molecular weight excluding hydrogens is 214 g/mol. The number of likely N-dealkylation sites (tertiary alicyclic amines) is 2. The fourth-order valence-corrected chi connectivity index (χ4v) is 3.00. The Morgan fingerprint density at radius 2 is 1.94 bits per heavy atom. The van der Waals surface area contributed by atoms with Crippen molar-refractivity contribution in [2.75, 3.05) is 39.8 Å². The van der Waals surface area contributed by atoms with E-state index in [0.29, 0.717) is 12.1 Å². The Balaban J connectivity index is 1.74. The van der Waals surface area contributed by atoms with Gasteiger partial charge < -0.3 is 10.5 Å². The van der Waals surface area contributed by atoms with Crippen LogP contribution in [0.25, 0.3) is 0 Å². The van der Waals surface area contributed by atoms with E-state index in [-0.39, 0.29) is 0 Å². The lowest BCUT2D eigenvalue weighted by atomic mass is 10.0. The molecule has 2 rings (SSSR count). The predicted molar refractivity (Wildman–Crippen MR) is 70.1 cm³/mol.